The number of carbonyl (C=O) groups is 1. The minimum absolute atomic E-state index is 0.0248. The van der Waals surface area contributed by atoms with Crippen molar-refractivity contribution in [2.45, 2.75) is 20.3 Å². The lowest BCUT2D eigenvalue weighted by Gasteiger charge is -2.22. The summed E-state index contributed by atoms with van der Waals surface area (Å²) in [5.74, 6) is -0.382. The highest BCUT2D eigenvalue weighted by Gasteiger charge is 2.21. The molecule has 0 aliphatic heterocycles. The third-order valence-corrected chi connectivity index (χ3v) is 5.54. The average Bonchev–Trinajstić information content (AvgIpc) is 3.02. The van der Waals surface area contributed by atoms with Crippen molar-refractivity contribution in [3.8, 4) is 0 Å². The Balaban J connectivity index is 1.91. The van der Waals surface area contributed by atoms with Crippen LogP contribution in [-0.4, -0.2) is 43.0 Å². The summed E-state index contributed by atoms with van der Waals surface area (Å²) < 4.78 is 14.8. The quantitative estimate of drug-likeness (QED) is 0.638. The fourth-order valence-corrected chi connectivity index (χ4v) is 3.97. The molecule has 1 amide bonds. The SMILES string of the molecule is Cc1ccc(CC(=O)N(CCN(C)C)c2nc3c(F)cccc3s2)c(C)c1. The molecular formula is C21H24FN3OS. The van der Waals surface area contributed by atoms with Gasteiger partial charge in [-0.2, -0.15) is 0 Å². The van der Waals surface area contributed by atoms with Crippen LogP contribution in [0.1, 0.15) is 16.7 Å². The second-order valence-corrected chi connectivity index (χ2v) is 8.05. The maximum absolute atomic E-state index is 14.0. The molecule has 0 spiro atoms. The summed E-state index contributed by atoms with van der Waals surface area (Å²) >= 11 is 1.35. The van der Waals surface area contributed by atoms with Gasteiger partial charge in [-0.15, -0.1) is 0 Å². The Labute approximate surface area is 163 Å². The summed E-state index contributed by atoms with van der Waals surface area (Å²) in [4.78, 5) is 21.2. The summed E-state index contributed by atoms with van der Waals surface area (Å²) in [6, 6.07) is 11.0. The highest BCUT2D eigenvalue weighted by molar-refractivity contribution is 7.22. The molecule has 0 bridgehead atoms. The maximum Gasteiger partial charge on any atom is 0.233 e. The summed E-state index contributed by atoms with van der Waals surface area (Å²) in [6.07, 6.45) is 0.304. The van der Waals surface area contributed by atoms with Gasteiger partial charge >= 0.3 is 0 Å². The second kappa shape index (κ2) is 8.15. The van der Waals surface area contributed by atoms with E-state index in [4.69, 9.17) is 0 Å². The summed E-state index contributed by atoms with van der Waals surface area (Å²) in [6.45, 7) is 5.28. The Bertz CT molecular complexity index is 967. The van der Waals surface area contributed by atoms with Crippen molar-refractivity contribution in [2.24, 2.45) is 0 Å². The van der Waals surface area contributed by atoms with Gasteiger partial charge in [0, 0.05) is 13.1 Å². The van der Waals surface area contributed by atoms with E-state index in [2.05, 4.69) is 11.1 Å². The number of anilines is 1. The minimum atomic E-state index is -0.357. The Morgan fingerprint density at radius 1 is 1.15 bits per heavy atom. The monoisotopic (exact) mass is 385 g/mol. The van der Waals surface area contributed by atoms with Crippen molar-refractivity contribution < 1.29 is 9.18 Å². The Hall–Kier alpha value is -2.31. The number of thiazole rings is 1. The van der Waals surface area contributed by atoms with E-state index in [9.17, 15) is 9.18 Å². The predicted octanol–water partition coefficient (Wildman–Crippen LogP) is 4.19. The molecule has 0 radical (unpaired) electrons. The highest BCUT2D eigenvalue weighted by Crippen LogP contribution is 2.30. The molecule has 2 aromatic carbocycles. The van der Waals surface area contributed by atoms with E-state index >= 15 is 0 Å². The molecule has 6 heteroatoms. The summed E-state index contributed by atoms with van der Waals surface area (Å²) in [5, 5.41) is 0.548. The molecule has 0 N–H and O–H groups in total. The normalized spacial score (nSPS) is 11.3. The van der Waals surface area contributed by atoms with Gasteiger partial charge in [0.1, 0.15) is 11.3 Å². The zero-order valence-electron chi connectivity index (χ0n) is 16.1. The number of aryl methyl sites for hydroxylation is 2. The van der Waals surface area contributed by atoms with Gasteiger partial charge in [-0.25, -0.2) is 9.37 Å². The van der Waals surface area contributed by atoms with Crippen LogP contribution in [-0.2, 0) is 11.2 Å². The molecule has 27 heavy (non-hydrogen) atoms. The molecule has 0 saturated heterocycles. The van der Waals surface area contributed by atoms with E-state index in [0.717, 1.165) is 15.8 Å². The van der Waals surface area contributed by atoms with Gasteiger partial charge in [-0.1, -0.05) is 41.2 Å². The third-order valence-electron chi connectivity index (χ3n) is 4.50. The fourth-order valence-electron chi connectivity index (χ4n) is 2.95. The van der Waals surface area contributed by atoms with Crippen molar-refractivity contribution in [1.82, 2.24) is 9.88 Å². The van der Waals surface area contributed by atoms with E-state index in [1.807, 2.05) is 51.0 Å². The van der Waals surface area contributed by atoms with Crippen LogP contribution in [0, 0.1) is 19.7 Å². The number of rotatable bonds is 6. The van der Waals surface area contributed by atoms with Crippen LogP contribution in [0.5, 0.6) is 0 Å². The van der Waals surface area contributed by atoms with E-state index in [-0.39, 0.29) is 11.7 Å². The second-order valence-electron chi connectivity index (χ2n) is 7.04. The number of likely N-dealkylation sites (N-methyl/N-ethyl adjacent to an activating group) is 1. The predicted molar refractivity (Wildman–Crippen MR) is 110 cm³/mol. The van der Waals surface area contributed by atoms with Crippen LogP contribution < -0.4 is 4.90 Å². The van der Waals surface area contributed by atoms with Crippen LogP contribution in [0.15, 0.2) is 36.4 Å². The number of hydrogen-bond donors (Lipinski definition) is 0. The zero-order chi connectivity index (χ0) is 19.6. The molecule has 0 atom stereocenters. The minimum Gasteiger partial charge on any atom is -0.308 e. The first kappa shape index (κ1) is 19.5. The zero-order valence-corrected chi connectivity index (χ0v) is 16.9. The lowest BCUT2D eigenvalue weighted by atomic mass is 10.0. The molecule has 4 nitrogen and oxygen atoms in total. The van der Waals surface area contributed by atoms with Gasteiger partial charge in [0.05, 0.1) is 11.1 Å². The van der Waals surface area contributed by atoms with Gasteiger partial charge in [0.25, 0.3) is 0 Å². The number of para-hydroxylation sites is 1. The van der Waals surface area contributed by atoms with Gasteiger partial charge in [0.2, 0.25) is 5.91 Å². The summed E-state index contributed by atoms with van der Waals surface area (Å²) in [7, 11) is 3.93. The molecule has 0 unspecified atom stereocenters. The third kappa shape index (κ3) is 4.51. The van der Waals surface area contributed by atoms with E-state index in [1.54, 1.807) is 11.0 Å². The maximum atomic E-state index is 14.0. The Kier molecular flexibility index (Phi) is 5.87. The molecule has 0 saturated carbocycles. The van der Waals surface area contributed by atoms with Gasteiger partial charge in [-0.3, -0.25) is 9.69 Å². The van der Waals surface area contributed by atoms with Crippen molar-refractivity contribution in [3.05, 3.63) is 58.9 Å². The van der Waals surface area contributed by atoms with E-state index < -0.39 is 0 Å². The number of nitrogens with zero attached hydrogens (tertiary/aromatic N) is 3. The molecular weight excluding hydrogens is 361 g/mol. The van der Waals surface area contributed by atoms with Gasteiger partial charge in [-0.05, 0) is 51.2 Å². The molecule has 0 aliphatic rings. The van der Waals surface area contributed by atoms with Gasteiger partial charge in [0.15, 0.2) is 5.13 Å². The Morgan fingerprint density at radius 3 is 2.59 bits per heavy atom. The standard InChI is InChI=1S/C21H24FN3OS/c1-14-8-9-16(15(2)12-14)13-19(26)25(11-10-24(3)4)21-23-20-17(22)6-5-7-18(20)27-21/h5-9,12H,10-11,13H2,1-4H3. The van der Waals surface area contributed by atoms with Crippen LogP contribution in [0.25, 0.3) is 10.2 Å². The van der Waals surface area contributed by atoms with Crippen molar-refractivity contribution in [2.75, 3.05) is 32.1 Å². The molecule has 3 rings (SSSR count). The molecule has 0 aliphatic carbocycles. The van der Waals surface area contributed by atoms with Crippen molar-refractivity contribution in [3.63, 3.8) is 0 Å². The van der Waals surface area contributed by atoms with Crippen LogP contribution in [0.3, 0.4) is 0 Å². The number of benzene rings is 2. The average molecular weight is 386 g/mol. The first-order valence-corrected chi connectivity index (χ1v) is 9.73. The summed E-state index contributed by atoms with van der Waals surface area (Å²) in [5.41, 5.74) is 3.61. The lowest BCUT2D eigenvalue weighted by molar-refractivity contribution is -0.118. The van der Waals surface area contributed by atoms with Crippen molar-refractivity contribution >= 4 is 32.6 Å². The number of amides is 1. The molecule has 142 valence electrons. The van der Waals surface area contributed by atoms with Gasteiger partial charge < -0.3 is 4.90 Å². The van der Waals surface area contributed by atoms with Crippen LogP contribution >= 0.6 is 11.3 Å². The molecule has 1 aromatic heterocycles. The van der Waals surface area contributed by atoms with Crippen LogP contribution in [0.2, 0.25) is 0 Å². The molecule has 3 aromatic rings. The molecule has 0 fully saturated rings. The Morgan fingerprint density at radius 2 is 1.93 bits per heavy atom. The van der Waals surface area contributed by atoms with E-state index in [1.165, 1.54) is 23.0 Å². The first-order chi connectivity index (χ1) is 12.8. The number of carbonyl (C=O) groups excluding carboxylic acids is 1. The number of aromatic nitrogens is 1. The largest absolute Gasteiger partial charge is 0.308 e. The highest BCUT2D eigenvalue weighted by atomic mass is 32.1. The topological polar surface area (TPSA) is 36.4 Å². The number of hydrogen-bond acceptors (Lipinski definition) is 4. The van der Waals surface area contributed by atoms with Crippen LogP contribution in [0.4, 0.5) is 9.52 Å². The lowest BCUT2D eigenvalue weighted by Crippen LogP contribution is -2.37. The van der Waals surface area contributed by atoms with Crippen molar-refractivity contribution in [1.29, 1.82) is 0 Å². The molecule has 1 heterocycles. The smallest absolute Gasteiger partial charge is 0.233 e. The van der Waals surface area contributed by atoms with E-state index in [0.29, 0.717) is 30.2 Å². The number of fused-ring (bicyclic) bond motifs is 1. The first-order valence-electron chi connectivity index (χ1n) is 8.91. The fraction of sp³-hybridized carbons (Fsp3) is 0.333. The number of halogens is 1.